The van der Waals surface area contributed by atoms with Crippen LogP contribution in [-0.2, 0) is 16.0 Å². The van der Waals surface area contributed by atoms with Crippen molar-refractivity contribution in [2.24, 2.45) is 0 Å². The van der Waals surface area contributed by atoms with Gasteiger partial charge in [-0.15, -0.1) is 0 Å². The number of aromatic nitrogens is 1. The first kappa shape index (κ1) is 17.0. The summed E-state index contributed by atoms with van der Waals surface area (Å²) in [6.07, 6.45) is 3.13. The molecule has 0 unspecified atom stereocenters. The van der Waals surface area contributed by atoms with Crippen LogP contribution in [0.4, 0.5) is 16.2 Å². The Kier molecular flexibility index (Phi) is 4.44. The van der Waals surface area contributed by atoms with E-state index in [1.165, 1.54) is 4.90 Å². The predicted molar refractivity (Wildman–Crippen MR) is 95.5 cm³/mol. The predicted octanol–water partition coefficient (Wildman–Crippen LogP) is 3.39. The second-order valence-corrected chi connectivity index (χ2v) is 6.92. The Morgan fingerprint density at radius 1 is 1.16 bits per heavy atom. The number of carbonyl (C=O) groups is 2. The lowest BCUT2D eigenvalue weighted by atomic mass is 10.1. The Bertz CT molecular complexity index is 784. The molecule has 1 aromatic carbocycles. The number of ether oxygens (including phenoxy) is 1. The average molecular weight is 339 g/mol. The second-order valence-electron chi connectivity index (χ2n) is 6.92. The molecular formula is C19H21N3O3. The van der Waals surface area contributed by atoms with Crippen molar-refractivity contribution in [3.63, 3.8) is 0 Å². The lowest BCUT2D eigenvalue weighted by molar-refractivity contribution is -0.117. The van der Waals surface area contributed by atoms with Crippen LogP contribution in [-0.4, -0.2) is 28.6 Å². The zero-order valence-electron chi connectivity index (χ0n) is 14.5. The van der Waals surface area contributed by atoms with E-state index < -0.39 is 17.7 Å². The molecule has 2 amide bonds. The van der Waals surface area contributed by atoms with Gasteiger partial charge < -0.3 is 10.1 Å². The quantitative estimate of drug-likeness (QED) is 0.910. The van der Waals surface area contributed by atoms with Crippen LogP contribution in [0.15, 0.2) is 48.8 Å². The fraction of sp³-hybridized carbons (Fsp3) is 0.316. The van der Waals surface area contributed by atoms with E-state index in [2.05, 4.69) is 10.3 Å². The number of benzene rings is 1. The van der Waals surface area contributed by atoms with Crippen LogP contribution >= 0.6 is 0 Å². The molecule has 0 saturated carbocycles. The minimum Gasteiger partial charge on any atom is -0.443 e. The van der Waals surface area contributed by atoms with Crippen LogP contribution in [0.5, 0.6) is 0 Å². The highest BCUT2D eigenvalue weighted by molar-refractivity contribution is 6.05. The molecular weight excluding hydrogens is 318 g/mol. The number of hydrogen-bond acceptors (Lipinski definition) is 4. The van der Waals surface area contributed by atoms with Gasteiger partial charge in [-0.25, -0.2) is 4.79 Å². The summed E-state index contributed by atoms with van der Waals surface area (Å²) in [5, 5.41) is 2.84. The van der Waals surface area contributed by atoms with Crippen molar-refractivity contribution in [2.45, 2.75) is 38.8 Å². The van der Waals surface area contributed by atoms with Gasteiger partial charge in [0.05, 0.1) is 5.69 Å². The number of amides is 2. The van der Waals surface area contributed by atoms with Gasteiger partial charge in [-0.1, -0.05) is 18.2 Å². The van der Waals surface area contributed by atoms with Crippen molar-refractivity contribution in [1.82, 2.24) is 4.98 Å². The zero-order valence-corrected chi connectivity index (χ0v) is 14.5. The van der Waals surface area contributed by atoms with Gasteiger partial charge in [0.15, 0.2) is 0 Å². The zero-order chi connectivity index (χ0) is 18.0. The molecule has 0 saturated heterocycles. The lowest BCUT2D eigenvalue weighted by Gasteiger charge is -2.28. The fourth-order valence-corrected chi connectivity index (χ4v) is 2.79. The number of nitrogens with one attached hydrogen (secondary N) is 1. The summed E-state index contributed by atoms with van der Waals surface area (Å²) < 4.78 is 5.51. The highest BCUT2D eigenvalue weighted by atomic mass is 16.6. The molecule has 0 aliphatic carbocycles. The van der Waals surface area contributed by atoms with E-state index in [1.54, 1.807) is 45.3 Å². The molecule has 1 aliphatic rings. The maximum atomic E-state index is 12.8. The van der Waals surface area contributed by atoms with Crippen LogP contribution in [0.1, 0.15) is 26.3 Å². The van der Waals surface area contributed by atoms with Crippen LogP contribution < -0.4 is 10.2 Å². The van der Waals surface area contributed by atoms with E-state index in [9.17, 15) is 9.59 Å². The molecule has 6 heteroatoms. The smallest absolute Gasteiger partial charge is 0.415 e. The third-order valence-corrected chi connectivity index (χ3v) is 3.82. The molecule has 1 aromatic heterocycles. The van der Waals surface area contributed by atoms with Crippen molar-refractivity contribution in [3.8, 4) is 0 Å². The Morgan fingerprint density at radius 3 is 2.52 bits per heavy atom. The van der Waals surface area contributed by atoms with Crippen molar-refractivity contribution >= 4 is 23.4 Å². The van der Waals surface area contributed by atoms with E-state index in [1.807, 2.05) is 24.3 Å². The van der Waals surface area contributed by atoms with Gasteiger partial charge in [0.1, 0.15) is 11.6 Å². The van der Waals surface area contributed by atoms with Crippen molar-refractivity contribution in [3.05, 3.63) is 54.4 Å². The number of pyridine rings is 1. The van der Waals surface area contributed by atoms with Crippen LogP contribution in [0.3, 0.4) is 0 Å². The number of para-hydroxylation sites is 1. The Balaban J connectivity index is 1.87. The number of carbonyl (C=O) groups excluding carboxylic acids is 2. The number of nitrogens with zero attached hydrogens (tertiary/aromatic N) is 2. The highest BCUT2D eigenvalue weighted by Crippen LogP contribution is 2.33. The molecule has 1 aliphatic heterocycles. The van der Waals surface area contributed by atoms with E-state index in [0.29, 0.717) is 17.8 Å². The summed E-state index contributed by atoms with van der Waals surface area (Å²) in [5.41, 5.74) is 1.66. The van der Waals surface area contributed by atoms with Crippen LogP contribution in [0, 0.1) is 0 Å². The van der Waals surface area contributed by atoms with Crippen LogP contribution in [0.25, 0.3) is 0 Å². The first-order valence-electron chi connectivity index (χ1n) is 8.16. The standard InChI is InChI=1S/C19H21N3O3/c1-19(2,3)25-18(24)22-15-7-5-4-6-13(15)12-16(22)17(23)21-14-8-10-20-11-9-14/h4-11,16H,12H2,1-3H3,(H,20,21,23)/t16-/m0/s1. The fourth-order valence-electron chi connectivity index (χ4n) is 2.79. The summed E-state index contributed by atoms with van der Waals surface area (Å²) in [6.45, 7) is 5.41. The number of hydrogen-bond donors (Lipinski definition) is 1. The summed E-state index contributed by atoms with van der Waals surface area (Å²) in [4.78, 5) is 30.9. The highest BCUT2D eigenvalue weighted by Gasteiger charge is 2.40. The van der Waals surface area contributed by atoms with E-state index >= 15 is 0 Å². The molecule has 0 spiro atoms. The number of anilines is 2. The molecule has 1 N–H and O–H groups in total. The van der Waals surface area contributed by atoms with Crippen molar-refractivity contribution in [2.75, 3.05) is 10.2 Å². The van der Waals surface area contributed by atoms with Gasteiger partial charge in [-0.2, -0.15) is 0 Å². The first-order valence-corrected chi connectivity index (χ1v) is 8.16. The maximum Gasteiger partial charge on any atom is 0.415 e. The molecule has 0 fully saturated rings. The summed E-state index contributed by atoms with van der Waals surface area (Å²) >= 11 is 0. The monoisotopic (exact) mass is 339 g/mol. The normalized spacial score (nSPS) is 16.3. The maximum absolute atomic E-state index is 12.8. The average Bonchev–Trinajstić information content (AvgIpc) is 2.94. The SMILES string of the molecule is CC(C)(C)OC(=O)N1c2ccccc2C[C@H]1C(=O)Nc1ccncc1. The van der Waals surface area contributed by atoms with Gasteiger partial charge in [-0.05, 0) is 44.5 Å². The van der Waals surface area contributed by atoms with Crippen molar-refractivity contribution < 1.29 is 14.3 Å². The summed E-state index contributed by atoms with van der Waals surface area (Å²) in [7, 11) is 0. The molecule has 130 valence electrons. The number of rotatable bonds is 2. The molecule has 2 aromatic rings. The van der Waals surface area contributed by atoms with Gasteiger partial charge in [0.25, 0.3) is 0 Å². The van der Waals surface area contributed by atoms with Gasteiger partial charge in [-0.3, -0.25) is 14.7 Å². The Morgan fingerprint density at radius 2 is 1.84 bits per heavy atom. The minimum atomic E-state index is -0.652. The van der Waals surface area contributed by atoms with Crippen LogP contribution in [0.2, 0.25) is 0 Å². The van der Waals surface area contributed by atoms with Gasteiger partial charge in [0, 0.05) is 24.5 Å². The minimum absolute atomic E-state index is 0.256. The molecule has 6 nitrogen and oxygen atoms in total. The summed E-state index contributed by atoms with van der Waals surface area (Å²) in [5.74, 6) is -0.256. The van der Waals surface area contributed by atoms with E-state index in [-0.39, 0.29) is 5.91 Å². The Hall–Kier alpha value is -2.89. The third kappa shape index (κ3) is 3.79. The largest absolute Gasteiger partial charge is 0.443 e. The number of fused-ring (bicyclic) bond motifs is 1. The summed E-state index contributed by atoms with van der Waals surface area (Å²) in [6, 6.07) is 10.3. The van der Waals surface area contributed by atoms with E-state index in [4.69, 9.17) is 4.74 Å². The van der Waals surface area contributed by atoms with Gasteiger partial charge in [0.2, 0.25) is 5.91 Å². The molecule has 1 atom stereocenters. The lowest BCUT2D eigenvalue weighted by Crippen LogP contribution is -2.47. The third-order valence-electron chi connectivity index (χ3n) is 3.82. The van der Waals surface area contributed by atoms with Crippen molar-refractivity contribution in [1.29, 1.82) is 0 Å². The molecule has 0 radical (unpaired) electrons. The second kappa shape index (κ2) is 6.55. The molecule has 3 rings (SSSR count). The topological polar surface area (TPSA) is 71.5 Å². The molecule has 0 bridgehead atoms. The first-order chi connectivity index (χ1) is 11.8. The van der Waals surface area contributed by atoms with Gasteiger partial charge >= 0.3 is 6.09 Å². The Labute approximate surface area is 146 Å². The molecule has 2 heterocycles. The molecule has 25 heavy (non-hydrogen) atoms. The van der Waals surface area contributed by atoms with E-state index in [0.717, 1.165) is 5.56 Å².